The quantitative estimate of drug-likeness (QED) is 0.867. The second-order valence-electron chi connectivity index (χ2n) is 4.45. The Kier molecular flexibility index (Phi) is 3.33. The highest BCUT2D eigenvalue weighted by atomic mass is 16.6. The number of benzene rings is 1. The number of nitrogens with zero attached hydrogens (tertiary/aromatic N) is 1. The maximum absolute atomic E-state index is 11.8. The van der Waals surface area contributed by atoms with Crippen LogP contribution >= 0.6 is 0 Å². The van der Waals surface area contributed by atoms with Gasteiger partial charge in [-0.1, -0.05) is 12.1 Å². The minimum absolute atomic E-state index is 0.0769. The molecule has 4 nitrogen and oxygen atoms in total. The maximum Gasteiger partial charge on any atom is 0.414 e. The molecule has 0 radical (unpaired) electrons. The summed E-state index contributed by atoms with van der Waals surface area (Å²) in [4.78, 5) is 13.5. The average Bonchev–Trinajstić information content (AvgIpc) is 2.64. The van der Waals surface area contributed by atoms with Crippen molar-refractivity contribution >= 4 is 11.8 Å². The van der Waals surface area contributed by atoms with E-state index in [1.165, 1.54) is 0 Å². The number of hydrogen-bond donors (Lipinski definition) is 1. The van der Waals surface area contributed by atoms with Crippen molar-refractivity contribution in [3.8, 4) is 0 Å². The summed E-state index contributed by atoms with van der Waals surface area (Å²) < 4.78 is 5.13. The summed E-state index contributed by atoms with van der Waals surface area (Å²) in [6, 6.07) is 6.19. The third-order valence-electron chi connectivity index (χ3n) is 3.02. The molecule has 0 aromatic heterocycles. The first-order valence-electron chi connectivity index (χ1n) is 5.81. The van der Waals surface area contributed by atoms with Gasteiger partial charge in [-0.2, -0.15) is 0 Å². The number of carbonyl (C=O) groups is 1. The molecule has 0 spiro atoms. The summed E-state index contributed by atoms with van der Waals surface area (Å²) >= 11 is 0. The fourth-order valence-electron chi connectivity index (χ4n) is 2.12. The Morgan fingerprint density at radius 1 is 1.47 bits per heavy atom. The largest absolute Gasteiger partial charge is 0.447 e. The lowest BCUT2D eigenvalue weighted by Gasteiger charge is -2.23. The minimum atomic E-state index is -0.251. The van der Waals surface area contributed by atoms with Crippen LogP contribution in [0.15, 0.2) is 18.2 Å². The third kappa shape index (κ3) is 2.26. The lowest BCUT2D eigenvalue weighted by molar-refractivity contribution is 0.178. The van der Waals surface area contributed by atoms with E-state index in [4.69, 9.17) is 4.74 Å². The van der Waals surface area contributed by atoms with Crippen LogP contribution < -0.4 is 10.2 Å². The molecule has 0 saturated carbocycles. The second kappa shape index (κ2) is 4.75. The van der Waals surface area contributed by atoms with Crippen molar-refractivity contribution < 1.29 is 9.53 Å². The van der Waals surface area contributed by atoms with Gasteiger partial charge in [0.1, 0.15) is 6.61 Å². The van der Waals surface area contributed by atoms with E-state index in [1.54, 1.807) is 4.90 Å². The fourth-order valence-corrected chi connectivity index (χ4v) is 2.12. The van der Waals surface area contributed by atoms with Crippen molar-refractivity contribution in [2.24, 2.45) is 0 Å². The molecule has 1 aliphatic rings. The first kappa shape index (κ1) is 11.9. The first-order chi connectivity index (χ1) is 8.13. The van der Waals surface area contributed by atoms with Crippen LogP contribution in [0.3, 0.4) is 0 Å². The van der Waals surface area contributed by atoms with Gasteiger partial charge in [0.2, 0.25) is 0 Å². The predicted octanol–water partition coefficient (Wildman–Crippen LogP) is 1.85. The number of ether oxygens (including phenoxy) is 1. The molecule has 1 unspecified atom stereocenters. The van der Waals surface area contributed by atoms with Crippen LogP contribution in [0.2, 0.25) is 0 Å². The molecular formula is C13H18N2O2. The number of aryl methyl sites for hydroxylation is 2. The maximum atomic E-state index is 11.8. The zero-order chi connectivity index (χ0) is 12.4. The van der Waals surface area contributed by atoms with E-state index in [-0.39, 0.29) is 12.1 Å². The molecule has 1 N–H and O–H groups in total. The smallest absolute Gasteiger partial charge is 0.414 e. The van der Waals surface area contributed by atoms with Crippen LogP contribution in [-0.2, 0) is 4.74 Å². The molecule has 92 valence electrons. The van der Waals surface area contributed by atoms with Gasteiger partial charge in [0.05, 0.1) is 11.7 Å². The molecule has 2 rings (SSSR count). The SMILES string of the molecule is CNCC1COC(=O)N1c1cc(C)ccc1C. The zero-order valence-corrected chi connectivity index (χ0v) is 10.5. The zero-order valence-electron chi connectivity index (χ0n) is 10.5. The van der Waals surface area contributed by atoms with Crippen LogP contribution in [0.25, 0.3) is 0 Å². The lowest BCUT2D eigenvalue weighted by atomic mass is 10.1. The number of nitrogens with one attached hydrogen (secondary N) is 1. The van der Waals surface area contributed by atoms with Gasteiger partial charge in [-0.15, -0.1) is 0 Å². The molecule has 1 heterocycles. The van der Waals surface area contributed by atoms with Crippen LogP contribution in [0.5, 0.6) is 0 Å². The van der Waals surface area contributed by atoms with Crippen molar-refractivity contribution in [3.63, 3.8) is 0 Å². The molecule has 1 saturated heterocycles. The molecule has 4 heteroatoms. The van der Waals surface area contributed by atoms with Crippen LogP contribution in [0.4, 0.5) is 10.5 Å². The highest BCUT2D eigenvalue weighted by Gasteiger charge is 2.34. The minimum Gasteiger partial charge on any atom is -0.447 e. The lowest BCUT2D eigenvalue weighted by Crippen LogP contribution is -2.40. The summed E-state index contributed by atoms with van der Waals surface area (Å²) in [7, 11) is 1.88. The highest BCUT2D eigenvalue weighted by Crippen LogP contribution is 2.27. The molecule has 1 atom stereocenters. The van der Waals surface area contributed by atoms with Gasteiger partial charge in [-0.3, -0.25) is 4.90 Å². The summed E-state index contributed by atoms with van der Waals surface area (Å²) in [5.41, 5.74) is 3.19. The van der Waals surface area contributed by atoms with E-state index in [1.807, 2.05) is 39.1 Å². The molecule has 0 bridgehead atoms. The Morgan fingerprint density at radius 3 is 2.94 bits per heavy atom. The summed E-state index contributed by atoms with van der Waals surface area (Å²) in [6.07, 6.45) is -0.251. The summed E-state index contributed by atoms with van der Waals surface area (Å²) in [6.45, 7) is 5.22. The molecular weight excluding hydrogens is 216 g/mol. The number of amides is 1. The van der Waals surface area contributed by atoms with Gasteiger partial charge in [0.15, 0.2) is 0 Å². The molecule has 1 aromatic rings. The van der Waals surface area contributed by atoms with Crippen molar-refractivity contribution in [2.75, 3.05) is 25.1 Å². The monoisotopic (exact) mass is 234 g/mol. The predicted molar refractivity (Wildman–Crippen MR) is 67.5 cm³/mol. The van der Waals surface area contributed by atoms with Crippen molar-refractivity contribution in [3.05, 3.63) is 29.3 Å². The molecule has 1 aromatic carbocycles. The highest BCUT2D eigenvalue weighted by molar-refractivity contribution is 5.91. The van der Waals surface area contributed by atoms with Gasteiger partial charge >= 0.3 is 6.09 Å². The van der Waals surface area contributed by atoms with Crippen LogP contribution in [0.1, 0.15) is 11.1 Å². The van der Waals surface area contributed by atoms with Crippen LogP contribution in [-0.4, -0.2) is 32.3 Å². The summed E-state index contributed by atoms with van der Waals surface area (Å²) in [5, 5.41) is 3.09. The Labute approximate surface area is 102 Å². The molecule has 17 heavy (non-hydrogen) atoms. The first-order valence-corrected chi connectivity index (χ1v) is 5.81. The van der Waals surface area contributed by atoms with Gasteiger partial charge in [0, 0.05) is 6.54 Å². The van der Waals surface area contributed by atoms with Crippen LogP contribution in [0, 0.1) is 13.8 Å². The Hall–Kier alpha value is -1.55. The number of cyclic esters (lactones) is 1. The number of likely N-dealkylation sites (N-methyl/N-ethyl adjacent to an activating group) is 1. The normalized spacial score (nSPS) is 19.6. The molecule has 1 amide bonds. The Morgan fingerprint density at radius 2 is 2.24 bits per heavy atom. The molecule has 1 fully saturated rings. The van der Waals surface area contributed by atoms with Crippen molar-refractivity contribution in [1.29, 1.82) is 0 Å². The topological polar surface area (TPSA) is 41.6 Å². The molecule has 0 aliphatic carbocycles. The molecule has 1 aliphatic heterocycles. The Balaban J connectivity index is 2.35. The second-order valence-corrected chi connectivity index (χ2v) is 4.45. The van der Waals surface area contributed by atoms with Gasteiger partial charge in [0.25, 0.3) is 0 Å². The fraction of sp³-hybridized carbons (Fsp3) is 0.462. The number of carbonyl (C=O) groups excluding carboxylic acids is 1. The number of rotatable bonds is 3. The van der Waals surface area contributed by atoms with Gasteiger partial charge < -0.3 is 10.1 Å². The van der Waals surface area contributed by atoms with Crippen molar-refractivity contribution in [1.82, 2.24) is 5.32 Å². The van der Waals surface area contributed by atoms with E-state index in [0.717, 1.165) is 23.4 Å². The van der Waals surface area contributed by atoms with E-state index in [2.05, 4.69) is 5.32 Å². The summed E-state index contributed by atoms with van der Waals surface area (Å²) in [5.74, 6) is 0. The van der Waals surface area contributed by atoms with E-state index in [9.17, 15) is 4.79 Å². The number of hydrogen-bond acceptors (Lipinski definition) is 3. The van der Waals surface area contributed by atoms with Crippen molar-refractivity contribution in [2.45, 2.75) is 19.9 Å². The van der Waals surface area contributed by atoms with E-state index in [0.29, 0.717) is 6.61 Å². The van der Waals surface area contributed by atoms with Gasteiger partial charge in [-0.25, -0.2) is 4.79 Å². The third-order valence-corrected chi connectivity index (χ3v) is 3.02. The Bertz CT molecular complexity index is 431. The van der Waals surface area contributed by atoms with Gasteiger partial charge in [-0.05, 0) is 38.1 Å². The van der Waals surface area contributed by atoms with E-state index < -0.39 is 0 Å². The number of anilines is 1. The van der Waals surface area contributed by atoms with E-state index >= 15 is 0 Å². The standard InChI is InChI=1S/C13H18N2O2/c1-9-4-5-10(2)12(6-9)15-11(7-14-3)8-17-13(15)16/h4-6,11,14H,7-8H2,1-3H3. The average molecular weight is 234 g/mol.